The zero-order valence-corrected chi connectivity index (χ0v) is 10.5. The standard InChI is InChI=1S/C10H11Cl2N3O2/c1-5(9(13)15-17)10(16)14-7-4-2-3-6(11)8(7)12/h2-5,17H,1H3,(H2,13,15)(H,14,16). The molecule has 1 rings (SSSR count). The lowest BCUT2D eigenvalue weighted by Gasteiger charge is -2.12. The molecule has 0 aromatic heterocycles. The number of oxime groups is 1. The van der Waals surface area contributed by atoms with Crippen LogP contribution >= 0.6 is 23.2 Å². The summed E-state index contributed by atoms with van der Waals surface area (Å²) in [5, 5.41) is 14.3. The molecule has 0 heterocycles. The largest absolute Gasteiger partial charge is 0.409 e. The first-order chi connectivity index (χ1) is 7.97. The van der Waals surface area contributed by atoms with Gasteiger partial charge in [-0.2, -0.15) is 0 Å². The van der Waals surface area contributed by atoms with Gasteiger partial charge in [-0.05, 0) is 19.1 Å². The Kier molecular flexibility index (Phi) is 4.60. The number of nitrogens with one attached hydrogen (secondary N) is 1. The van der Waals surface area contributed by atoms with Crippen LogP contribution in [0.4, 0.5) is 5.69 Å². The van der Waals surface area contributed by atoms with Gasteiger partial charge in [0, 0.05) is 0 Å². The van der Waals surface area contributed by atoms with E-state index in [9.17, 15) is 4.79 Å². The molecular formula is C10H11Cl2N3O2. The van der Waals surface area contributed by atoms with Gasteiger partial charge in [0.2, 0.25) is 5.91 Å². The Hall–Kier alpha value is -1.46. The monoisotopic (exact) mass is 275 g/mol. The fraction of sp³-hybridized carbons (Fsp3) is 0.200. The Labute approximate surface area is 108 Å². The van der Waals surface area contributed by atoms with Gasteiger partial charge in [-0.25, -0.2) is 0 Å². The molecule has 0 bridgehead atoms. The molecule has 1 amide bonds. The van der Waals surface area contributed by atoms with Crippen LogP contribution in [0.3, 0.4) is 0 Å². The average molecular weight is 276 g/mol. The predicted octanol–water partition coefficient (Wildman–Crippen LogP) is 2.31. The highest BCUT2D eigenvalue weighted by molar-refractivity contribution is 6.44. The molecule has 5 nitrogen and oxygen atoms in total. The van der Waals surface area contributed by atoms with Crippen molar-refractivity contribution < 1.29 is 10.0 Å². The van der Waals surface area contributed by atoms with E-state index < -0.39 is 11.8 Å². The van der Waals surface area contributed by atoms with Crippen molar-refractivity contribution in [2.24, 2.45) is 16.8 Å². The van der Waals surface area contributed by atoms with Crippen molar-refractivity contribution in [3.8, 4) is 0 Å². The van der Waals surface area contributed by atoms with Gasteiger partial charge in [-0.15, -0.1) is 0 Å². The summed E-state index contributed by atoms with van der Waals surface area (Å²) in [6, 6.07) is 4.86. The van der Waals surface area contributed by atoms with E-state index in [1.54, 1.807) is 18.2 Å². The Balaban J connectivity index is 2.85. The molecule has 0 aliphatic rings. The molecule has 1 aromatic carbocycles. The fourth-order valence-corrected chi connectivity index (χ4v) is 1.41. The molecule has 1 aromatic rings. The van der Waals surface area contributed by atoms with Crippen molar-refractivity contribution in [1.82, 2.24) is 0 Å². The number of amidine groups is 1. The minimum Gasteiger partial charge on any atom is -0.409 e. The number of anilines is 1. The second-order valence-electron chi connectivity index (χ2n) is 3.34. The van der Waals surface area contributed by atoms with Crippen LogP contribution in [0.15, 0.2) is 23.4 Å². The molecule has 1 unspecified atom stereocenters. The van der Waals surface area contributed by atoms with Crippen molar-refractivity contribution in [2.75, 3.05) is 5.32 Å². The number of rotatable bonds is 3. The van der Waals surface area contributed by atoms with Gasteiger partial charge in [-0.3, -0.25) is 4.79 Å². The van der Waals surface area contributed by atoms with E-state index in [0.717, 1.165) is 0 Å². The average Bonchev–Trinajstić information content (AvgIpc) is 2.32. The molecule has 0 spiro atoms. The summed E-state index contributed by atoms with van der Waals surface area (Å²) >= 11 is 11.7. The van der Waals surface area contributed by atoms with Crippen molar-refractivity contribution in [2.45, 2.75) is 6.92 Å². The van der Waals surface area contributed by atoms with Crippen LogP contribution in [0, 0.1) is 5.92 Å². The summed E-state index contributed by atoms with van der Waals surface area (Å²) in [6.45, 7) is 1.50. The van der Waals surface area contributed by atoms with E-state index >= 15 is 0 Å². The Morgan fingerprint density at radius 3 is 2.76 bits per heavy atom. The van der Waals surface area contributed by atoms with Crippen LogP contribution in [-0.4, -0.2) is 17.0 Å². The summed E-state index contributed by atoms with van der Waals surface area (Å²) in [5.41, 5.74) is 5.70. The Bertz CT molecular complexity index is 463. The molecule has 7 heteroatoms. The first kappa shape index (κ1) is 13.6. The quantitative estimate of drug-likeness (QED) is 0.342. The zero-order valence-electron chi connectivity index (χ0n) is 8.95. The van der Waals surface area contributed by atoms with E-state index in [1.165, 1.54) is 6.92 Å². The molecular weight excluding hydrogens is 265 g/mol. The summed E-state index contributed by atoms with van der Waals surface area (Å²) in [4.78, 5) is 11.7. The third-order valence-corrected chi connectivity index (χ3v) is 2.98. The second-order valence-corrected chi connectivity index (χ2v) is 4.12. The van der Waals surface area contributed by atoms with Crippen LogP contribution < -0.4 is 11.1 Å². The maximum absolute atomic E-state index is 11.7. The zero-order chi connectivity index (χ0) is 13.0. The molecule has 0 aliphatic carbocycles. The Morgan fingerprint density at radius 1 is 1.53 bits per heavy atom. The van der Waals surface area contributed by atoms with Gasteiger partial charge < -0.3 is 16.3 Å². The lowest BCUT2D eigenvalue weighted by molar-refractivity contribution is -0.117. The maximum atomic E-state index is 11.7. The normalized spacial score (nSPS) is 13.2. The van der Waals surface area contributed by atoms with E-state index in [0.29, 0.717) is 10.7 Å². The minimum atomic E-state index is -0.768. The lowest BCUT2D eigenvalue weighted by Crippen LogP contribution is -2.32. The molecule has 1 atom stereocenters. The van der Waals surface area contributed by atoms with Gasteiger partial charge in [-0.1, -0.05) is 34.4 Å². The number of carbonyl (C=O) groups is 1. The van der Waals surface area contributed by atoms with Gasteiger partial charge >= 0.3 is 0 Å². The van der Waals surface area contributed by atoms with Crippen molar-refractivity contribution in [3.05, 3.63) is 28.2 Å². The van der Waals surface area contributed by atoms with Crippen LogP contribution in [0.2, 0.25) is 10.0 Å². The van der Waals surface area contributed by atoms with Crippen LogP contribution in [0.1, 0.15) is 6.92 Å². The number of amides is 1. The second kappa shape index (κ2) is 5.75. The number of hydrogen-bond acceptors (Lipinski definition) is 3. The third kappa shape index (κ3) is 3.25. The molecule has 4 N–H and O–H groups in total. The Morgan fingerprint density at radius 2 is 2.18 bits per heavy atom. The smallest absolute Gasteiger partial charge is 0.234 e. The number of halogens is 2. The van der Waals surface area contributed by atoms with E-state index in [4.69, 9.17) is 34.1 Å². The van der Waals surface area contributed by atoms with Crippen LogP contribution in [0.5, 0.6) is 0 Å². The van der Waals surface area contributed by atoms with E-state index in [2.05, 4.69) is 10.5 Å². The first-order valence-electron chi connectivity index (χ1n) is 4.69. The van der Waals surface area contributed by atoms with Gasteiger partial charge in [0.25, 0.3) is 0 Å². The SMILES string of the molecule is CC(C(=O)Nc1cccc(Cl)c1Cl)/C(N)=N/O. The van der Waals surface area contributed by atoms with Gasteiger partial charge in [0.1, 0.15) is 0 Å². The first-order valence-corrected chi connectivity index (χ1v) is 5.45. The highest BCUT2D eigenvalue weighted by Crippen LogP contribution is 2.29. The highest BCUT2D eigenvalue weighted by Gasteiger charge is 2.18. The molecule has 0 aliphatic heterocycles. The number of nitrogens with two attached hydrogens (primary N) is 1. The fourth-order valence-electron chi connectivity index (χ4n) is 1.06. The lowest BCUT2D eigenvalue weighted by atomic mass is 10.1. The van der Waals surface area contributed by atoms with Gasteiger partial charge in [0.05, 0.1) is 21.7 Å². The number of carbonyl (C=O) groups excluding carboxylic acids is 1. The van der Waals surface area contributed by atoms with E-state index in [1.807, 2.05) is 0 Å². The van der Waals surface area contributed by atoms with Crippen LogP contribution in [-0.2, 0) is 4.79 Å². The van der Waals surface area contributed by atoms with Crippen molar-refractivity contribution in [1.29, 1.82) is 0 Å². The summed E-state index contributed by atoms with van der Waals surface area (Å²) < 4.78 is 0. The summed E-state index contributed by atoms with van der Waals surface area (Å²) in [5.74, 6) is -1.39. The third-order valence-electron chi connectivity index (χ3n) is 2.16. The summed E-state index contributed by atoms with van der Waals surface area (Å²) in [7, 11) is 0. The maximum Gasteiger partial charge on any atom is 0.234 e. The van der Waals surface area contributed by atoms with Crippen LogP contribution in [0.25, 0.3) is 0 Å². The van der Waals surface area contributed by atoms with Crippen molar-refractivity contribution >= 4 is 40.6 Å². The van der Waals surface area contributed by atoms with E-state index in [-0.39, 0.29) is 10.9 Å². The molecule has 0 saturated carbocycles. The van der Waals surface area contributed by atoms with Gasteiger partial charge in [0.15, 0.2) is 5.84 Å². The molecule has 0 radical (unpaired) electrons. The molecule has 0 fully saturated rings. The number of benzene rings is 1. The minimum absolute atomic E-state index is 0.180. The molecule has 0 saturated heterocycles. The molecule has 92 valence electrons. The number of nitrogens with zero attached hydrogens (tertiary/aromatic N) is 1. The summed E-state index contributed by atoms with van der Waals surface area (Å²) in [6.07, 6.45) is 0. The number of hydrogen-bond donors (Lipinski definition) is 3. The molecule has 17 heavy (non-hydrogen) atoms. The topological polar surface area (TPSA) is 87.7 Å². The highest BCUT2D eigenvalue weighted by atomic mass is 35.5. The predicted molar refractivity (Wildman–Crippen MR) is 67.7 cm³/mol. The van der Waals surface area contributed by atoms with Crippen molar-refractivity contribution in [3.63, 3.8) is 0 Å².